The zero-order chi connectivity index (χ0) is 34.2. The molecule has 3 saturated carbocycles. The lowest BCUT2D eigenvalue weighted by Crippen LogP contribution is -2.20. The van der Waals surface area contributed by atoms with E-state index in [1.54, 1.807) is 5.56 Å². The Morgan fingerprint density at radius 2 is 1.24 bits per heavy atom. The molecule has 1 nitrogen and oxygen atoms in total. The van der Waals surface area contributed by atoms with Crippen molar-refractivity contribution in [2.24, 2.45) is 5.92 Å². The van der Waals surface area contributed by atoms with Gasteiger partial charge in [0.25, 0.3) is 0 Å². The molecule has 2 bridgehead atoms. The van der Waals surface area contributed by atoms with Crippen LogP contribution in [-0.2, 0) is 10.8 Å². The third-order valence-corrected chi connectivity index (χ3v) is 13.7. The van der Waals surface area contributed by atoms with E-state index in [1.165, 1.54) is 131 Å². The van der Waals surface area contributed by atoms with Gasteiger partial charge in [0.15, 0.2) is 0 Å². The molecule has 0 N–H and O–H groups in total. The quantitative estimate of drug-likeness (QED) is 0.171. The summed E-state index contributed by atoms with van der Waals surface area (Å²) in [6.45, 7) is 4.87. The van der Waals surface area contributed by atoms with Crippen LogP contribution >= 0.6 is 0 Å². The Balaban J connectivity index is 1.21. The van der Waals surface area contributed by atoms with E-state index in [-0.39, 0.29) is 5.41 Å². The van der Waals surface area contributed by atoms with E-state index in [0.29, 0.717) is 11.3 Å². The van der Waals surface area contributed by atoms with Crippen LogP contribution in [0.5, 0.6) is 0 Å². The van der Waals surface area contributed by atoms with Crippen molar-refractivity contribution in [1.82, 2.24) is 0 Å². The van der Waals surface area contributed by atoms with Crippen molar-refractivity contribution in [3.8, 4) is 22.3 Å². The van der Waals surface area contributed by atoms with Crippen molar-refractivity contribution in [2.45, 2.75) is 94.8 Å². The summed E-state index contributed by atoms with van der Waals surface area (Å²) in [6, 6.07) is 49.3. The summed E-state index contributed by atoms with van der Waals surface area (Å²) in [7, 11) is 0. The van der Waals surface area contributed by atoms with E-state index < -0.39 is 0 Å². The lowest BCUT2D eigenvalue weighted by molar-refractivity contribution is 0.419. The summed E-state index contributed by atoms with van der Waals surface area (Å²) in [5.41, 5.74) is 15.2. The van der Waals surface area contributed by atoms with Gasteiger partial charge in [-0.2, -0.15) is 0 Å². The second kappa shape index (κ2) is 12.0. The van der Waals surface area contributed by atoms with Gasteiger partial charge in [0, 0.05) is 22.4 Å². The van der Waals surface area contributed by atoms with Crippen LogP contribution < -0.4 is 4.90 Å². The van der Waals surface area contributed by atoms with E-state index in [2.05, 4.69) is 146 Å². The van der Waals surface area contributed by atoms with Crippen molar-refractivity contribution >= 4 is 27.8 Å². The molecule has 0 amide bonds. The van der Waals surface area contributed by atoms with Gasteiger partial charge in [-0.15, -0.1) is 0 Å². The molecule has 10 rings (SSSR count). The number of hydrogen-bond donors (Lipinski definition) is 0. The zero-order valence-corrected chi connectivity index (χ0v) is 30.3. The molecule has 0 aliphatic heterocycles. The topological polar surface area (TPSA) is 3.24 Å². The monoisotopic (exact) mass is 663 g/mol. The van der Waals surface area contributed by atoms with E-state index >= 15 is 0 Å². The normalized spacial score (nSPS) is 21.9. The minimum atomic E-state index is -0.158. The molecule has 0 atom stereocenters. The standard InChI is InChI=1S/C50H49N/c1-49(2)45-18-9-8-16-42(45)44-27-28-46(47(48(44)49)43-17-10-14-37-13-6-7-15-41(37)43)51(39-23-19-36(20-24-39)35-11-4-3-5-12-35)40-25-21-38(22-26-40)50-31-29-34(33-50)30-32-50/h6-10,13-28,34-35H,3-5,11-12,29-33H2,1-2H3. The molecule has 0 aromatic heterocycles. The molecule has 1 heteroatoms. The van der Waals surface area contributed by atoms with Gasteiger partial charge in [-0.3, -0.25) is 0 Å². The highest BCUT2D eigenvalue weighted by Gasteiger charge is 2.46. The molecule has 0 heterocycles. The molecule has 3 fully saturated rings. The SMILES string of the molecule is CC1(C)c2ccccc2-c2ccc(N(c3ccc(C4CCCCC4)cc3)c3ccc(C45CCC(CC4)C5)cc3)c(-c3cccc4ccccc34)c21. The fraction of sp³-hybridized carbons (Fsp3) is 0.320. The van der Waals surface area contributed by atoms with Crippen molar-refractivity contribution in [3.05, 3.63) is 150 Å². The Morgan fingerprint density at radius 1 is 0.569 bits per heavy atom. The molecule has 6 aromatic rings. The number of anilines is 3. The second-order valence-corrected chi connectivity index (χ2v) is 16.8. The maximum absolute atomic E-state index is 2.58. The fourth-order valence-corrected chi connectivity index (χ4v) is 11.1. The van der Waals surface area contributed by atoms with E-state index in [9.17, 15) is 0 Å². The van der Waals surface area contributed by atoms with Crippen LogP contribution in [0, 0.1) is 5.92 Å². The van der Waals surface area contributed by atoms with Crippen LogP contribution in [0.15, 0.2) is 127 Å². The molecule has 6 aromatic carbocycles. The van der Waals surface area contributed by atoms with Gasteiger partial charge in [-0.25, -0.2) is 0 Å². The minimum absolute atomic E-state index is 0.158. The first-order valence-corrected chi connectivity index (χ1v) is 19.8. The highest BCUT2D eigenvalue weighted by atomic mass is 15.1. The highest BCUT2D eigenvalue weighted by Crippen LogP contribution is 2.58. The van der Waals surface area contributed by atoms with Crippen molar-refractivity contribution in [3.63, 3.8) is 0 Å². The van der Waals surface area contributed by atoms with Gasteiger partial charge in [0.1, 0.15) is 0 Å². The van der Waals surface area contributed by atoms with Gasteiger partial charge >= 0.3 is 0 Å². The Morgan fingerprint density at radius 3 is 1.98 bits per heavy atom. The van der Waals surface area contributed by atoms with Gasteiger partial charge < -0.3 is 4.90 Å². The summed E-state index contributed by atoms with van der Waals surface area (Å²) >= 11 is 0. The van der Waals surface area contributed by atoms with Crippen molar-refractivity contribution in [1.29, 1.82) is 0 Å². The first-order valence-electron chi connectivity index (χ1n) is 19.8. The molecule has 254 valence electrons. The van der Waals surface area contributed by atoms with Gasteiger partial charge in [-0.1, -0.05) is 130 Å². The predicted molar refractivity (Wildman–Crippen MR) is 216 cm³/mol. The van der Waals surface area contributed by atoms with Crippen LogP contribution in [0.2, 0.25) is 0 Å². The summed E-state index contributed by atoms with van der Waals surface area (Å²) in [5.74, 6) is 1.62. The molecule has 4 aliphatic rings. The Kier molecular flexibility index (Phi) is 7.31. The summed E-state index contributed by atoms with van der Waals surface area (Å²) in [4.78, 5) is 2.58. The molecule has 0 spiro atoms. The third kappa shape index (κ3) is 4.95. The maximum atomic E-state index is 2.58. The zero-order valence-electron chi connectivity index (χ0n) is 30.3. The second-order valence-electron chi connectivity index (χ2n) is 16.8. The van der Waals surface area contributed by atoms with Crippen LogP contribution in [-0.4, -0.2) is 0 Å². The molecule has 51 heavy (non-hydrogen) atoms. The van der Waals surface area contributed by atoms with Crippen LogP contribution in [0.1, 0.15) is 106 Å². The third-order valence-electron chi connectivity index (χ3n) is 13.7. The van der Waals surface area contributed by atoms with Crippen LogP contribution in [0.3, 0.4) is 0 Å². The molecular formula is C50H49N. The van der Waals surface area contributed by atoms with Gasteiger partial charge in [0.2, 0.25) is 0 Å². The highest BCUT2D eigenvalue weighted by molar-refractivity contribution is 6.05. The minimum Gasteiger partial charge on any atom is -0.310 e. The molecule has 4 aliphatic carbocycles. The maximum Gasteiger partial charge on any atom is 0.0543 e. The largest absolute Gasteiger partial charge is 0.310 e. The number of hydrogen-bond acceptors (Lipinski definition) is 1. The van der Waals surface area contributed by atoms with Crippen LogP contribution in [0.4, 0.5) is 17.1 Å². The lowest BCUT2D eigenvalue weighted by Gasteiger charge is -2.33. The lowest BCUT2D eigenvalue weighted by atomic mass is 9.77. The van der Waals surface area contributed by atoms with Gasteiger partial charge in [0.05, 0.1) is 5.69 Å². The fourth-order valence-electron chi connectivity index (χ4n) is 11.1. The predicted octanol–water partition coefficient (Wildman–Crippen LogP) is 14.2. The Labute approximate surface area is 304 Å². The van der Waals surface area contributed by atoms with Crippen molar-refractivity contribution in [2.75, 3.05) is 4.90 Å². The number of rotatable bonds is 6. The smallest absolute Gasteiger partial charge is 0.0543 e. The summed E-state index contributed by atoms with van der Waals surface area (Å²) in [6.07, 6.45) is 13.6. The summed E-state index contributed by atoms with van der Waals surface area (Å²) < 4.78 is 0. The Bertz CT molecular complexity index is 2240. The van der Waals surface area contributed by atoms with E-state index in [1.807, 2.05) is 0 Å². The van der Waals surface area contributed by atoms with Gasteiger partial charge in [-0.05, 0) is 142 Å². The van der Waals surface area contributed by atoms with Crippen molar-refractivity contribution < 1.29 is 0 Å². The molecule has 0 radical (unpaired) electrons. The first kappa shape index (κ1) is 31.1. The number of nitrogens with zero attached hydrogens (tertiary/aromatic N) is 1. The Hall–Kier alpha value is -4.62. The summed E-state index contributed by atoms with van der Waals surface area (Å²) in [5, 5.41) is 2.59. The average Bonchev–Trinajstić information content (AvgIpc) is 3.87. The van der Waals surface area contributed by atoms with E-state index in [4.69, 9.17) is 0 Å². The average molecular weight is 664 g/mol. The molecular weight excluding hydrogens is 615 g/mol. The molecule has 0 unspecified atom stereocenters. The molecule has 0 saturated heterocycles. The first-order chi connectivity index (χ1) is 25.0. The number of fused-ring (bicyclic) bond motifs is 6. The van der Waals surface area contributed by atoms with Crippen LogP contribution in [0.25, 0.3) is 33.0 Å². The van der Waals surface area contributed by atoms with E-state index in [0.717, 1.165) is 5.92 Å². The number of benzene rings is 6.